The van der Waals surface area contributed by atoms with E-state index < -0.39 is 0 Å². The number of nitrogens with one attached hydrogen (secondary N) is 1. The van der Waals surface area contributed by atoms with Crippen molar-refractivity contribution in [3.8, 4) is 11.5 Å². The van der Waals surface area contributed by atoms with Gasteiger partial charge in [0.2, 0.25) is 0 Å². The summed E-state index contributed by atoms with van der Waals surface area (Å²) in [6, 6.07) is 23.1. The van der Waals surface area contributed by atoms with Crippen LogP contribution in [0.1, 0.15) is 16.7 Å². The van der Waals surface area contributed by atoms with Gasteiger partial charge in [-0.25, -0.2) is 0 Å². The van der Waals surface area contributed by atoms with E-state index in [2.05, 4.69) is 5.32 Å². The molecule has 0 fully saturated rings. The molecule has 3 aromatic rings. The van der Waals surface area contributed by atoms with E-state index in [1.807, 2.05) is 86.6 Å². The van der Waals surface area contributed by atoms with Gasteiger partial charge in [-0.1, -0.05) is 54.6 Å². The van der Waals surface area contributed by atoms with E-state index >= 15 is 0 Å². The topological polar surface area (TPSA) is 47.6 Å². The van der Waals surface area contributed by atoms with E-state index in [1.165, 1.54) is 0 Å². The van der Waals surface area contributed by atoms with Crippen LogP contribution in [-0.4, -0.2) is 12.5 Å². The maximum absolute atomic E-state index is 12.3. The van der Waals surface area contributed by atoms with E-state index in [1.54, 1.807) is 0 Å². The fourth-order valence-corrected chi connectivity index (χ4v) is 2.64. The molecule has 27 heavy (non-hydrogen) atoms. The summed E-state index contributed by atoms with van der Waals surface area (Å²) in [5.41, 5.74) is 3.87. The van der Waals surface area contributed by atoms with Crippen molar-refractivity contribution in [1.29, 1.82) is 0 Å². The van der Waals surface area contributed by atoms with Crippen molar-refractivity contribution in [2.24, 2.45) is 0 Å². The summed E-state index contributed by atoms with van der Waals surface area (Å²) in [5, 5.41) is 2.86. The summed E-state index contributed by atoms with van der Waals surface area (Å²) in [4.78, 5) is 12.3. The summed E-state index contributed by atoms with van der Waals surface area (Å²) < 4.78 is 11.5. The van der Waals surface area contributed by atoms with Gasteiger partial charge >= 0.3 is 0 Å². The molecule has 1 amide bonds. The normalized spacial score (nSPS) is 10.3. The third-order valence-corrected chi connectivity index (χ3v) is 4.31. The first-order chi connectivity index (χ1) is 13.1. The fourth-order valence-electron chi connectivity index (χ4n) is 2.64. The zero-order chi connectivity index (χ0) is 19.1. The zero-order valence-electron chi connectivity index (χ0n) is 15.6. The molecular formula is C23H23NO3. The molecule has 4 heteroatoms. The van der Waals surface area contributed by atoms with E-state index in [4.69, 9.17) is 9.47 Å². The van der Waals surface area contributed by atoms with Crippen LogP contribution in [0.2, 0.25) is 0 Å². The highest BCUT2D eigenvalue weighted by atomic mass is 16.5. The maximum atomic E-state index is 12.3. The number of hydrogen-bond donors (Lipinski definition) is 1. The Balaban J connectivity index is 1.60. The minimum atomic E-state index is -0.230. The molecule has 1 N–H and O–H groups in total. The molecule has 0 aromatic heterocycles. The number of aryl methyl sites for hydroxylation is 1. The van der Waals surface area contributed by atoms with Crippen molar-refractivity contribution in [3.05, 3.63) is 89.5 Å². The van der Waals surface area contributed by atoms with Gasteiger partial charge in [0.05, 0.1) is 5.69 Å². The second kappa shape index (κ2) is 8.90. The summed E-state index contributed by atoms with van der Waals surface area (Å²) in [6.45, 7) is 4.38. The highest BCUT2D eigenvalue weighted by Gasteiger charge is 2.10. The van der Waals surface area contributed by atoms with Crippen LogP contribution >= 0.6 is 0 Å². The van der Waals surface area contributed by atoms with Gasteiger partial charge in [-0.3, -0.25) is 4.79 Å². The molecule has 0 aliphatic carbocycles. The Morgan fingerprint density at radius 3 is 2.33 bits per heavy atom. The van der Waals surface area contributed by atoms with Crippen molar-refractivity contribution in [3.63, 3.8) is 0 Å². The first-order valence-electron chi connectivity index (χ1n) is 8.88. The number of hydrogen-bond acceptors (Lipinski definition) is 3. The molecule has 0 saturated heterocycles. The number of carbonyl (C=O) groups is 1. The fraction of sp³-hybridized carbons (Fsp3) is 0.174. The van der Waals surface area contributed by atoms with Gasteiger partial charge < -0.3 is 14.8 Å². The summed E-state index contributed by atoms with van der Waals surface area (Å²) in [6.07, 6.45) is 0. The zero-order valence-corrected chi connectivity index (χ0v) is 15.6. The average Bonchev–Trinajstić information content (AvgIpc) is 2.69. The van der Waals surface area contributed by atoms with Gasteiger partial charge in [0, 0.05) is 0 Å². The molecule has 0 atom stereocenters. The predicted octanol–water partition coefficient (Wildman–Crippen LogP) is 4.90. The van der Waals surface area contributed by atoms with E-state index in [-0.39, 0.29) is 12.5 Å². The maximum Gasteiger partial charge on any atom is 0.262 e. The molecule has 138 valence electrons. The number of carbonyl (C=O) groups excluding carboxylic acids is 1. The molecule has 0 saturated carbocycles. The number of rotatable bonds is 7. The Bertz CT molecular complexity index is 907. The molecule has 3 aromatic carbocycles. The molecule has 0 spiro atoms. The Morgan fingerprint density at radius 2 is 1.52 bits per heavy atom. The number of amides is 1. The van der Waals surface area contributed by atoms with Crippen LogP contribution in [0, 0.1) is 13.8 Å². The van der Waals surface area contributed by atoms with Gasteiger partial charge in [0.25, 0.3) is 5.91 Å². The summed E-state index contributed by atoms with van der Waals surface area (Å²) in [7, 11) is 0. The van der Waals surface area contributed by atoms with Gasteiger partial charge in [0.15, 0.2) is 6.61 Å². The predicted molar refractivity (Wildman–Crippen MR) is 107 cm³/mol. The second-order valence-electron chi connectivity index (χ2n) is 6.31. The van der Waals surface area contributed by atoms with Crippen LogP contribution < -0.4 is 14.8 Å². The van der Waals surface area contributed by atoms with Gasteiger partial charge in [-0.2, -0.15) is 0 Å². The largest absolute Gasteiger partial charge is 0.487 e. The number of benzene rings is 3. The lowest BCUT2D eigenvalue weighted by Gasteiger charge is -2.14. The summed E-state index contributed by atoms with van der Waals surface area (Å²) in [5.74, 6) is 1.12. The van der Waals surface area contributed by atoms with Gasteiger partial charge in [-0.15, -0.1) is 0 Å². The third-order valence-electron chi connectivity index (χ3n) is 4.31. The molecule has 0 bridgehead atoms. The molecule has 0 aliphatic rings. The molecule has 0 aliphatic heterocycles. The molecule has 4 nitrogen and oxygen atoms in total. The Hall–Kier alpha value is -3.27. The minimum absolute atomic E-state index is 0.0582. The van der Waals surface area contributed by atoms with E-state index in [0.29, 0.717) is 18.0 Å². The Kier molecular flexibility index (Phi) is 6.10. The van der Waals surface area contributed by atoms with Crippen LogP contribution in [0.15, 0.2) is 72.8 Å². The van der Waals surface area contributed by atoms with Crippen LogP contribution in [0.5, 0.6) is 11.5 Å². The molecular weight excluding hydrogens is 338 g/mol. The lowest BCUT2D eigenvalue weighted by atomic mass is 10.1. The highest BCUT2D eigenvalue weighted by molar-refractivity contribution is 5.93. The van der Waals surface area contributed by atoms with E-state index in [0.717, 1.165) is 22.4 Å². The number of anilines is 1. The van der Waals surface area contributed by atoms with Crippen molar-refractivity contribution in [2.45, 2.75) is 20.5 Å². The number of ether oxygens (including phenoxy) is 2. The third kappa shape index (κ3) is 5.11. The minimum Gasteiger partial charge on any atom is -0.487 e. The van der Waals surface area contributed by atoms with Crippen molar-refractivity contribution < 1.29 is 14.3 Å². The molecule has 0 heterocycles. The van der Waals surface area contributed by atoms with Crippen molar-refractivity contribution >= 4 is 11.6 Å². The Morgan fingerprint density at radius 1 is 0.815 bits per heavy atom. The quantitative estimate of drug-likeness (QED) is 0.651. The van der Waals surface area contributed by atoms with Crippen LogP contribution in [-0.2, 0) is 11.4 Å². The molecule has 3 rings (SSSR count). The average molecular weight is 361 g/mol. The van der Waals surface area contributed by atoms with Gasteiger partial charge in [0.1, 0.15) is 18.1 Å². The van der Waals surface area contributed by atoms with Gasteiger partial charge in [-0.05, 0) is 48.7 Å². The lowest BCUT2D eigenvalue weighted by molar-refractivity contribution is -0.118. The summed E-state index contributed by atoms with van der Waals surface area (Å²) >= 11 is 0. The van der Waals surface area contributed by atoms with Crippen LogP contribution in [0.25, 0.3) is 0 Å². The van der Waals surface area contributed by atoms with Crippen LogP contribution in [0.3, 0.4) is 0 Å². The smallest absolute Gasteiger partial charge is 0.262 e. The second-order valence-corrected chi connectivity index (χ2v) is 6.31. The first-order valence-corrected chi connectivity index (χ1v) is 8.88. The standard InChI is InChI=1S/C23H23NO3/c1-17-9-8-14-21(18(17)2)27-16-23(25)24-20-12-6-7-13-22(20)26-15-19-10-4-3-5-11-19/h3-14H,15-16H2,1-2H3,(H,24,25). The monoisotopic (exact) mass is 361 g/mol. The number of para-hydroxylation sites is 2. The SMILES string of the molecule is Cc1cccc(OCC(=O)Nc2ccccc2OCc2ccccc2)c1C. The molecule has 0 radical (unpaired) electrons. The van der Waals surface area contributed by atoms with E-state index in [9.17, 15) is 4.79 Å². The van der Waals surface area contributed by atoms with Crippen molar-refractivity contribution in [1.82, 2.24) is 0 Å². The lowest BCUT2D eigenvalue weighted by Crippen LogP contribution is -2.21. The highest BCUT2D eigenvalue weighted by Crippen LogP contribution is 2.25. The van der Waals surface area contributed by atoms with Crippen molar-refractivity contribution in [2.75, 3.05) is 11.9 Å². The first kappa shape index (κ1) is 18.5. The molecule has 0 unspecified atom stereocenters. The van der Waals surface area contributed by atoms with Crippen LogP contribution in [0.4, 0.5) is 5.69 Å². The Labute approximate surface area is 159 Å².